The van der Waals surface area contributed by atoms with Crippen molar-refractivity contribution >= 4 is 0 Å². The molecular weight excluding hydrogens is 332 g/mol. The molecule has 27 heavy (non-hydrogen) atoms. The van der Waals surface area contributed by atoms with Gasteiger partial charge in [-0.1, -0.05) is 69.5 Å². The molecule has 0 atom stereocenters. The van der Waals surface area contributed by atoms with E-state index < -0.39 is 10.8 Å². The quantitative estimate of drug-likeness (QED) is 0.593. The van der Waals surface area contributed by atoms with Crippen LogP contribution in [-0.4, -0.2) is 10.2 Å². The van der Waals surface area contributed by atoms with Gasteiger partial charge in [-0.3, -0.25) is 0 Å². The topological polar surface area (TPSA) is 40.5 Å². The maximum Gasteiger partial charge on any atom is 0.115 e. The molecule has 0 fully saturated rings. The lowest BCUT2D eigenvalue weighted by Gasteiger charge is -2.27. The summed E-state index contributed by atoms with van der Waals surface area (Å²) in [4.78, 5) is 0. The molecule has 136 valence electrons. The lowest BCUT2D eigenvalue weighted by atomic mass is 9.75. The second-order valence-electron chi connectivity index (χ2n) is 7.51. The van der Waals surface area contributed by atoms with Crippen LogP contribution in [0.3, 0.4) is 0 Å². The number of phenolic OH excluding ortho intramolecular Hbond substituents is 2. The highest BCUT2D eigenvalue weighted by molar-refractivity contribution is 5.50. The van der Waals surface area contributed by atoms with Crippen LogP contribution in [0.25, 0.3) is 0 Å². The molecule has 2 aromatic rings. The van der Waals surface area contributed by atoms with Crippen molar-refractivity contribution in [1.82, 2.24) is 0 Å². The van der Waals surface area contributed by atoms with Crippen molar-refractivity contribution < 1.29 is 10.2 Å². The Morgan fingerprint density at radius 1 is 0.667 bits per heavy atom. The molecule has 0 aliphatic carbocycles. The molecule has 0 bridgehead atoms. The summed E-state index contributed by atoms with van der Waals surface area (Å²) in [5.74, 6) is 5.88. The molecule has 2 rings (SSSR count). The fraction of sp³-hybridized carbons (Fsp3) is 0.240. The van der Waals surface area contributed by atoms with Crippen LogP contribution in [0, 0.1) is 24.7 Å². The third-order valence-corrected chi connectivity index (χ3v) is 4.97. The summed E-state index contributed by atoms with van der Waals surface area (Å²) in [6, 6.07) is 13.9. The van der Waals surface area contributed by atoms with Crippen molar-refractivity contribution in [2.24, 2.45) is 0 Å². The van der Waals surface area contributed by atoms with Gasteiger partial charge in [0.15, 0.2) is 0 Å². The van der Waals surface area contributed by atoms with E-state index in [1.165, 1.54) is 0 Å². The summed E-state index contributed by atoms with van der Waals surface area (Å²) in [5.41, 5.74) is 5.47. The van der Waals surface area contributed by atoms with Gasteiger partial charge in [0.1, 0.15) is 11.5 Å². The van der Waals surface area contributed by atoms with Gasteiger partial charge in [-0.15, -0.1) is 12.8 Å². The second kappa shape index (κ2) is 7.51. The lowest BCUT2D eigenvalue weighted by Crippen LogP contribution is -2.22. The molecule has 2 N–H and O–H groups in total. The Morgan fingerprint density at radius 2 is 0.963 bits per heavy atom. The molecule has 0 aliphatic heterocycles. The smallest absolute Gasteiger partial charge is 0.115 e. The van der Waals surface area contributed by atoms with Crippen LogP contribution in [0.5, 0.6) is 11.5 Å². The molecular formula is C25H24O2. The average Bonchev–Trinajstić information content (AvgIpc) is 2.63. The Morgan fingerprint density at radius 3 is 1.22 bits per heavy atom. The third kappa shape index (κ3) is 4.09. The van der Waals surface area contributed by atoms with Crippen molar-refractivity contribution in [3.8, 4) is 36.2 Å². The zero-order valence-corrected chi connectivity index (χ0v) is 16.2. The Balaban J connectivity index is 2.64. The Kier molecular flexibility index (Phi) is 5.56. The maximum atomic E-state index is 9.54. The Labute approximate surface area is 161 Å². The van der Waals surface area contributed by atoms with E-state index in [4.69, 9.17) is 12.8 Å². The number of rotatable bonds is 4. The minimum absolute atomic E-state index is 0.203. The van der Waals surface area contributed by atoms with Crippen molar-refractivity contribution in [3.63, 3.8) is 0 Å². The van der Waals surface area contributed by atoms with Crippen molar-refractivity contribution in [3.05, 3.63) is 76.5 Å². The SMILES string of the molecule is C#CC(=C=C(C#C)C(C)(C)c1ccc(O)cc1)C(C)(C)c1ccc(O)cc1. The first-order valence-electron chi connectivity index (χ1n) is 8.67. The summed E-state index contributed by atoms with van der Waals surface area (Å²) < 4.78 is 0. The number of allylic oxidation sites excluding steroid dienone is 1. The zero-order chi connectivity index (χ0) is 20.2. The largest absolute Gasteiger partial charge is 0.508 e. The fourth-order valence-corrected chi connectivity index (χ4v) is 2.92. The summed E-state index contributed by atoms with van der Waals surface area (Å²) in [6.45, 7) is 8.01. The minimum atomic E-state index is -0.504. The standard InChI is InChI=1S/C25H24O2/c1-7-18(24(3,4)20-9-13-22(26)14-10-20)17-19(8-2)25(5,6)21-11-15-23(27)16-12-21/h1-2,9-16,26-27H,3-6H3. The molecule has 2 nitrogen and oxygen atoms in total. The van der Waals surface area contributed by atoms with Gasteiger partial charge in [0, 0.05) is 10.8 Å². The van der Waals surface area contributed by atoms with Gasteiger partial charge in [0.25, 0.3) is 0 Å². The molecule has 0 saturated heterocycles. The first-order valence-corrected chi connectivity index (χ1v) is 8.67. The van der Waals surface area contributed by atoms with E-state index in [-0.39, 0.29) is 11.5 Å². The van der Waals surface area contributed by atoms with Crippen LogP contribution in [0.4, 0.5) is 0 Å². The zero-order valence-electron chi connectivity index (χ0n) is 16.2. The molecule has 2 heteroatoms. The van der Waals surface area contributed by atoms with Gasteiger partial charge >= 0.3 is 0 Å². The van der Waals surface area contributed by atoms with E-state index in [0.29, 0.717) is 11.1 Å². The van der Waals surface area contributed by atoms with Crippen LogP contribution >= 0.6 is 0 Å². The molecule has 0 heterocycles. The van der Waals surface area contributed by atoms with Gasteiger partial charge in [0.05, 0.1) is 11.1 Å². The summed E-state index contributed by atoms with van der Waals surface area (Å²) in [6.07, 6.45) is 11.6. The van der Waals surface area contributed by atoms with Crippen LogP contribution in [0.1, 0.15) is 38.8 Å². The number of hydrogen-bond acceptors (Lipinski definition) is 2. The molecule has 0 spiro atoms. The average molecular weight is 356 g/mol. The van der Waals surface area contributed by atoms with Gasteiger partial charge in [-0.05, 0) is 35.4 Å². The first-order chi connectivity index (χ1) is 12.6. The predicted octanol–water partition coefficient (Wildman–Crippen LogP) is 5.07. The van der Waals surface area contributed by atoms with Crippen molar-refractivity contribution in [2.45, 2.75) is 38.5 Å². The molecule has 0 amide bonds. The fourth-order valence-electron chi connectivity index (χ4n) is 2.92. The normalized spacial score (nSPS) is 11.0. The van der Waals surface area contributed by atoms with Crippen molar-refractivity contribution in [2.75, 3.05) is 0 Å². The molecule has 0 aromatic heterocycles. The molecule has 0 aliphatic rings. The van der Waals surface area contributed by atoms with Gasteiger partial charge in [-0.2, -0.15) is 0 Å². The highest BCUT2D eigenvalue weighted by Crippen LogP contribution is 2.35. The van der Waals surface area contributed by atoms with E-state index in [1.807, 2.05) is 52.0 Å². The van der Waals surface area contributed by atoms with Crippen LogP contribution in [-0.2, 0) is 10.8 Å². The number of terminal acetylenes is 2. The van der Waals surface area contributed by atoms with E-state index in [1.54, 1.807) is 24.3 Å². The Bertz CT molecular complexity index is 887. The van der Waals surface area contributed by atoms with Gasteiger partial charge in [-0.25, -0.2) is 0 Å². The van der Waals surface area contributed by atoms with Crippen LogP contribution < -0.4 is 0 Å². The number of hydrogen-bond donors (Lipinski definition) is 2. The van der Waals surface area contributed by atoms with Crippen LogP contribution in [0.2, 0.25) is 0 Å². The lowest BCUT2D eigenvalue weighted by molar-refractivity contribution is 0.474. The highest BCUT2D eigenvalue weighted by atomic mass is 16.3. The van der Waals surface area contributed by atoms with E-state index >= 15 is 0 Å². The number of aromatic hydroxyl groups is 2. The van der Waals surface area contributed by atoms with E-state index in [9.17, 15) is 10.2 Å². The van der Waals surface area contributed by atoms with E-state index in [0.717, 1.165) is 11.1 Å². The maximum absolute atomic E-state index is 9.54. The summed E-state index contributed by atoms with van der Waals surface area (Å²) in [7, 11) is 0. The molecule has 0 radical (unpaired) electrons. The Hall–Kier alpha value is -3.32. The van der Waals surface area contributed by atoms with Gasteiger partial charge in [0.2, 0.25) is 0 Å². The molecule has 2 aromatic carbocycles. The van der Waals surface area contributed by atoms with Crippen LogP contribution in [0.15, 0.2) is 65.4 Å². The number of phenols is 2. The monoisotopic (exact) mass is 356 g/mol. The predicted molar refractivity (Wildman–Crippen MR) is 110 cm³/mol. The highest BCUT2D eigenvalue weighted by Gasteiger charge is 2.28. The summed E-state index contributed by atoms with van der Waals surface area (Å²) >= 11 is 0. The van der Waals surface area contributed by atoms with Crippen molar-refractivity contribution in [1.29, 1.82) is 0 Å². The van der Waals surface area contributed by atoms with Gasteiger partial charge < -0.3 is 10.2 Å². The third-order valence-electron chi connectivity index (χ3n) is 4.97. The molecule has 0 saturated carbocycles. The van der Waals surface area contributed by atoms with E-state index in [2.05, 4.69) is 17.6 Å². The molecule has 0 unspecified atom stereocenters. The number of benzene rings is 2. The minimum Gasteiger partial charge on any atom is -0.508 e. The summed E-state index contributed by atoms with van der Waals surface area (Å²) in [5, 5.41) is 19.1. The first kappa shape index (κ1) is 20.0. The second-order valence-corrected chi connectivity index (χ2v) is 7.51.